The van der Waals surface area contributed by atoms with Crippen molar-refractivity contribution in [3.63, 3.8) is 0 Å². The van der Waals surface area contributed by atoms with Crippen LogP contribution < -0.4 is 16.3 Å². The molecule has 2 amide bonds. The molecule has 0 unspecified atom stereocenters. The van der Waals surface area contributed by atoms with Gasteiger partial charge in [0.1, 0.15) is 5.82 Å². The van der Waals surface area contributed by atoms with Crippen LogP contribution in [-0.2, 0) is 9.63 Å². The molecule has 146 valence electrons. The molecule has 0 aliphatic rings. The molecule has 8 heteroatoms. The van der Waals surface area contributed by atoms with Crippen LogP contribution in [-0.4, -0.2) is 23.6 Å². The number of amides is 2. The Morgan fingerprint density at radius 1 is 1.04 bits per heavy atom. The normalized spacial score (nSPS) is 9.70. The van der Waals surface area contributed by atoms with Crippen molar-refractivity contribution in [3.05, 3.63) is 58.9 Å². The van der Waals surface area contributed by atoms with Crippen molar-refractivity contribution in [1.29, 1.82) is 0 Å². The van der Waals surface area contributed by atoms with Crippen molar-refractivity contribution in [1.82, 2.24) is 11.0 Å². The summed E-state index contributed by atoms with van der Waals surface area (Å²) in [6.45, 7) is 7.06. The number of anilines is 2. The molecule has 0 aromatic heterocycles. The third-order valence-corrected chi connectivity index (χ3v) is 3.31. The highest BCUT2D eigenvalue weighted by molar-refractivity contribution is 6.00. The second-order valence-electron chi connectivity index (χ2n) is 5.41. The van der Waals surface area contributed by atoms with Crippen LogP contribution in [0.4, 0.5) is 15.8 Å². The van der Waals surface area contributed by atoms with Gasteiger partial charge in [-0.05, 0) is 49.2 Å². The molecule has 0 bridgehead atoms. The summed E-state index contributed by atoms with van der Waals surface area (Å²) in [7, 11) is 0. The molecule has 0 radical (unpaired) electrons. The molecule has 0 saturated heterocycles. The molecule has 0 heterocycles. The molecule has 2 aromatic rings. The summed E-state index contributed by atoms with van der Waals surface area (Å²) in [5.74, 6) is -1.88. The first kappa shape index (κ1) is 22.1. The Bertz CT molecular complexity index is 797. The number of aryl methyl sites for hydroxylation is 2. The lowest BCUT2D eigenvalue weighted by atomic mass is 10.1. The first-order chi connectivity index (χ1) is 12.9. The van der Waals surface area contributed by atoms with E-state index in [2.05, 4.69) is 10.8 Å². The lowest BCUT2D eigenvalue weighted by molar-refractivity contribution is -0.135. The number of hydroxylamine groups is 2. The third-order valence-electron chi connectivity index (χ3n) is 3.31. The minimum atomic E-state index is -0.815. The van der Waals surface area contributed by atoms with Crippen molar-refractivity contribution in [3.8, 4) is 0 Å². The Morgan fingerprint density at radius 2 is 1.67 bits per heavy atom. The molecular formula is C19H24FN3O4. The Kier molecular flexibility index (Phi) is 8.91. The Hall–Kier alpha value is -2.97. The second kappa shape index (κ2) is 10.9. The van der Waals surface area contributed by atoms with Gasteiger partial charge >= 0.3 is 0 Å². The van der Waals surface area contributed by atoms with Crippen molar-refractivity contribution in [2.45, 2.75) is 27.7 Å². The van der Waals surface area contributed by atoms with Crippen molar-refractivity contribution < 1.29 is 24.0 Å². The molecule has 2 aromatic carbocycles. The van der Waals surface area contributed by atoms with Gasteiger partial charge in [0, 0.05) is 0 Å². The van der Waals surface area contributed by atoms with Crippen LogP contribution in [0.3, 0.4) is 0 Å². The Balaban J connectivity index is 0.00000176. The highest BCUT2D eigenvalue weighted by Crippen LogP contribution is 2.25. The van der Waals surface area contributed by atoms with Crippen LogP contribution in [0, 0.1) is 19.7 Å². The SMILES string of the molecule is CC.Cc1ccc(Nc2cc(C)ccc2C(=O)NOCC(=O)NO)c(F)c1. The molecule has 2 rings (SSSR count). The Labute approximate surface area is 157 Å². The van der Waals surface area contributed by atoms with E-state index in [1.165, 1.54) is 11.5 Å². The largest absolute Gasteiger partial charge is 0.352 e. The quantitative estimate of drug-likeness (QED) is 0.457. The van der Waals surface area contributed by atoms with Crippen molar-refractivity contribution in [2.24, 2.45) is 0 Å². The molecule has 27 heavy (non-hydrogen) atoms. The van der Waals surface area contributed by atoms with E-state index in [9.17, 15) is 14.0 Å². The van der Waals surface area contributed by atoms with Gasteiger partial charge in [-0.15, -0.1) is 0 Å². The van der Waals surface area contributed by atoms with Gasteiger partial charge in [0.2, 0.25) is 0 Å². The number of rotatable bonds is 6. The average molecular weight is 377 g/mol. The first-order valence-electron chi connectivity index (χ1n) is 8.39. The molecule has 0 aliphatic carbocycles. The van der Waals surface area contributed by atoms with Gasteiger partial charge in [-0.2, -0.15) is 0 Å². The molecule has 0 saturated carbocycles. The smallest absolute Gasteiger partial charge is 0.276 e. The van der Waals surface area contributed by atoms with E-state index in [4.69, 9.17) is 10.0 Å². The number of hydrogen-bond donors (Lipinski definition) is 4. The zero-order chi connectivity index (χ0) is 20.4. The van der Waals surface area contributed by atoms with Gasteiger partial charge in [0.05, 0.1) is 16.9 Å². The van der Waals surface area contributed by atoms with Crippen LogP contribution in [0.2, 0.25) is 0 Å². The van der Waals surface area contributed by atoms with Gasteiger partial charge in [-0.1, -0.05) is 26.0 Å². The van der Waals surface area contributed by atoms with E-state index >= 15 is 0 Å². The minimum Gasteiger partial charge on any atom is -0.352 e. The van der Waals surface area contributed by atoms with Crippen LogP contribution in [0.5, 0.6) is 0 Å². The molecule has 0 fully saturated rings. The summed E-state index contributed by atoms with van der Waals surface area (Å²) < 4.78 is 14.0. The van der Waals surface area contributed by atoms with Gasteiger partial charge in [0.25, 0.3) is 11.8 Å². The summed E-state index contributed by atoms with van der Waals surface area (Å²) in [4.78, 5) is 27.8. The van der Waals surface area contributed by atoms with Crippen LogP contribution in [0.1, 0.15) is 35.3 Å². The van der Waals surface area contributed by atoms with Gasteiger partial charge in [0.15, 0.2) is 6.61 Å². The number of halogens is 1. The molecule has 4 N–H and O–H groups in total. The van der Waals surface area contributed by atoms with E-state index in [1.807, 2.05) is 20.8 Å². The molecular weight excluding hydrogens is 353 g/mol. The highest BCUT2D eigenvalue weighted by Gasteiger charge is 2.14. The zero-order valence-electron chi connectivity index (χ0n) is 15.7. The number of carbonyl (C=O) groups is 2. The fraction of sp³-hybridized carbons (Fsp3) is 0.263. The number of carbonyl (C=O) groups excluding carboxylic acids is 2. The van der Waals surface area contributed by atoms with Crippen LogP contribution in [0.15, 0.2) is 36.4 Å². The van der Waals surface area contributed by atoms with E-state index in [0.29, 0.717) is 5.69 Å². The van der Waals surface area contributed by atoms with Crippen molar-refractivity contribution in [2.75, 3.05) is 11.9 Å². The van der Waals surface area contributed by atoms with Crippen LogP contribution >= 0.6 is 0 Å². The summed E-state index contributed by atoms with van der Waals surface area (Å²) in [6.07, 6.45) is 0. The number of benzene rings is 2. The van der Waals surface area contributed by atoms with Gasteiger partial charge < -0.3 is 5.32 Å². The van der Waals surface area contributed by atoms with E-state index < -0.39 is 24.2 Å². The predicted molar refractivity (Wildman–Crippen MR) is 100 cm³/mol. The maximum absolute atomic E-state index is 14.0. The molecule has 0 atom stereocenters. The fourth-order valence-electron chi connectivity index (χ4n) is 2.08. The topological polar surface area (TPSA) is 99.7 Å². The maximum Gasteiger partial charge on any atom is 0.276 e. The van der Waals surface area contributed by atoms with E-state index in [1.54, 1.807) is 37.3 Å². The monoisotopic (exact) mass is 377 g/mol. The summed E-state index contributed by atoms with van der Waals surface area (Å²) in [6, 6.07) is 9.66. The minimum absolute atomic E-state index is 0.204. The Morgan fingerprint density at radius 3 is 2.30 bits per heavy atom. The van der Waals surface area contributed by atoms with Crippen LogP contribution in [0.25, 0.3) is 0 Å². The maximum atomic E-state index is 14.0. The summed E-state index contributed by atoms with van der Waals surface area (Å²) in [5.41, 5.74) is 5.92. The average Bonchev–Trinajstić information content (AvgIpc) is 2.65. The van der Waals surface area contributed by atoms with E-state index in [-0.39, 0.29) is 11.3 Å². The summed E-state index contributed by atoms with van der Waals surface area (Å²) >= 11 is 0. The number of hydrogen-bond acceptors (Lipinski definition) is 5. The highest BCUT2D eigenvalue weighted by atomic mass is 19.1. The lowest BCUT2D eigenvalue weighted by Gasteiger charge is -2.14. The predicted octanol–water partition coefficient (Wildman–Crippen LogP) is 3.38. The van der Waals surface area contributed by atoms with Gasteiger partial charge in [-0.25, -0.2) is 15.4 Å². The summed E-state index contributed by atoms with van der Waals surface area (Å²) in [5, 5.41) is 11.3. The van der Waals surface area contributed by atoms with Crippen molar-refractivity contribution >= 4 is 23.2 Å². The second-order valence-corrected chi connectivity index (χ2v) is 5.41. The standard InChI is InChI=1S/C17H18FN3O4.C2H6/c1-10-4-6-14(13(18)7-10)19-15-8-11(2)3-5-12(15)17(23)21-25-9-16(22)20-24;1-2/h3-8,19,24H,9H2,1-2H3,(H,20,22)(H,21,23);1-2H3. The molecule has 0 aliphatic heterocycles. The first-order valence-corrected chi connectivity index (χ1v) is 8.39. The van der Waals surface area contributed by atoms with Gasteiger partial charge in [-0.3, -0.25) is 19.6 Å². The molecule has 7 nitrogen and oxygen atoms in total. The molecule has 0 spiro atoms. The fourth-order valence-corrected chi connectivity index (χ4v) is 2.08. The number of nitrogens with one attached hydrogen (secondary N) is 3. The zero-order valence-corrected chi connectivity index (χ0v) is 15.7. The lowest BCUT2D eigenvalue weighted by Crippen LogP contribution is -2.31. The van der Waals surface area contributed by atoms with E-state index in [0.717, 1.165) is 11.1 Å². The third kappa shape index (κ3) is 6.69.